The third kappa shape index (κ3) is 33.9. The van der Waals surface area contributed by atoms with Crippen LogP contribution in [0.5, 0.6) is 0 Å². The van der Waals surface area contributed by atoms with E-state index in [1.807, 2.05) is 0 Å². The minimum atomic E-state index is -2.51. The molecule has 0 spiro atoms. The largest absolute Gasteiger partial charge is 0.390 e. The van der Waals surface area contributed by atoms with Crippen molar-refractivity contribution in [2.24, 2.45) is 0 Å². The lowest BCUT2D eigenvalue weighted by Crippen LogP contribution is -2.60. The van der Waals surface area contributed by atoms with E-state index >= 15 is 0 Å². The van der Waals surface area contributed by atoms with Gasteiger partial charge in [0, 0.05) is 12.8 Å². The van der Waals surface area contributed by atoms with E-state index in [0.29, 0.717) is 25.7 Å². The van der Waals surface area contributed by atoms with Crippen molar-refractivity contribution in [2.75, 3.05) is 0 Å². The first-order valence-electron chi connectivity index (χ1n) is 26.5. The molecule has 0 aliphatic heterocycles. The Morgan fingerprint density at radius 2 is 0.517 bits per heavy atom. The normalized spacial score (nSPS) is 13.0. The van der Waals surface area contributed by atoms with E-state index in [2.05, 4.69) is 20.8 Å². The monoisotopic (exact) mass is 821 g/mol. The van der Waals surface area contributed by atoms with Crippen molar-refractivity contribution in [2.45, 2.75) is 328 Å². The number of carbonyl (C=O) groups excluding carboxylic acids is 2. The minimum absolute atomic E-state index is 0.0709. The number of aliphatic hydroxyl groups is 3. The molecule has 0 aliphatic rings. The summed E-state index contributed by atoms with van der Waals surface area (Å²) in [5.74, 6) is -1.21. The molecular formula is C53H104O5. The van der Waals surface area contributed by atoms with Gasteiger partial charge in [-0.3, -0.25) is 9.59 Å². The Hall–Kier alpha value is -0.780. The van der Waals surface area contributed by atoms with Crippen LogP contribution in [-0.4, -0.2) is 44.7 Å². The molecule has 2 atom stereocenters. The standard InChI is InChI=1S/C53H104O5/c1-4-7-10-13-16-19-22-25-26-27-30-31-34-37-40-43-46-49(54)52(57)53(58,50(55)47-44-41-38-35-32-28-23-20-17-14-11-8-5-2)51(56)48-45-42-39-36-33-29-24-21-18-15-12-9-6-3/h49,52,54,57-58H,4-48H2,1-3H3. The van der Waals surface area contributed by atoms with Crippen molar-refractivity contribution in [1.29, 1.82) is 0 Å². The van der Waals surface area contributed by atoms with Crippen LogP contribution in [0.4, 0.5) is 0 Å². The van der Waals surface area contributed by atoms with Crippen LogP contribution in [0.15, 0.2) is 0 Å². The number of unbranched alkanes of at least 4 members (excludes halogenated alkanes) is 39. The van der Waals surface area contributed by atoms with Crippen LogP contribution < -0.4 is 0 Å². The molecule has 0 saturated heterocycles. The number of rotatable bonds is 49. The van der Waals surface area contributed by atoms with Gasteiger partial charge in [-0.1, -0.05) is 278 Å². The molecule has 0 aromatic rings. The molecule has 0 saturated carbocycles. The highest BCUT2D eigenvalue weighted by atomic mass is 16.4. The van der Waals surface area contributed by atoms with Gasteiger partial charge >= 0.3 is 0 Å². The summed E-state index contributed by atoms with van der Waals surface area (Å²) in [5, 5.41) is 34.0. The van der Waals surface area contributed by atoms with Crippen LogP contribution in [0.2, 0.25) is 0 Å². The number of aliphatic hydroxyl groups excluding tert-OH is 2. The average Bonchev–Trinajstić information content (AvgIpc) is 3.23. The van der Waals surface area contributed by atoms with Crippen LogP contribution in [-0.2, 0) is 9.59 Å². The zero-order valence-electron chi connectivity index (χ0n) is 39.6. The first kappa shape index (κ1) is 57.2. The number of Topliss-reactive ketones (excluding diaryl/α,β-unsaturated/α-hetero) is 2. The Morgan fingerprint density at radius 3 is 0.741 bits per heavy atom. The topological polar surface area (TPSA) is 94.8 Å². The summed E-state index contributed by atoms with van der Waals surface area (Å²) in [6, 6.07) is 0. The van der Waals surface area contributed by atoms with Gasteiger partial charge in [0.05, 0.1) is 6.10 Å². The molecule has 0 aromatic heterocycles. The highest BCUT2D eigenvalue weighted by Gasteiger charge is 2.51. The average molecular weight is 821 g/mol. The lowest BCUT2D eigenvalue weighted by Gasteiger charge is -2.33. The van der Waals surface area contributed by atoms with Crippen molar-refractivity contribution in [3.8, 4) is 0 Å². The van der Waals surface area contributed by atoms with E-state index in [0.717, 1.165) is 51.4 Å². The van der Waals surface area contributed by atoms with Crippen molar-refractivity contribution in [3.63, 3.8) is 0 Å². The number of carbonyl (C=O) groups is 2. The highest BCUT2D eigenvalue weighted by Crippen LogP contribution is 2.26. The predicted octanol–water partition coefficient (Wildman–Crippen LogP) is 16.2. The maximum atomic E-state index is 13.6. The first-order chi connectivity index (χ1) is 28.4. The van der Waals surface area contributed by atoms with Crippen LogP contribution in [0.1, 0.15) is 310 Å². The Bertz CT molecular complexity index is 816. The summed E-state index contributed by atoms with van der Waals surface area (Å²) >= 11 is 0. The van der Waals surface area contributed by atoms with Gasteiger partial charge in [-0.05, 0) is 19.3 Å². The molecule has 346 valence electrons. The van der Waals surface area contributed by atoms with Gasteiger partial charge in [-0.15, -0.1) is 0 Å². The van der Waals surface area contributed by atoms with Gasteiger partial charge in [0.2, 0.25) is 5.60 Å². The summed E-state index contributed by atoms with van der Waals surface area (Å²) in [6.45, 7) is 6.79. The second-order valence-electron chi connectivity index (χ2n) is 18.7. The van der Waals surface area contributed by atoms with Gasteiger partial charge in [-0.25, -0.2) is 0 Å². The molecule has 5 nitrogen and oxygen atoms in total. The maximum Gasteiger partial charge on any atom is 0.209 e. The van der Waals surface area contributed by atoms with E-state index in [1.54, 1.807) is 0 Å². The zero-order chi connectivity index (χ0) is 42.6. The molecule has 0 aliphatic carbocycles. The minimum Gasteiger partial charge on any atom is -0.390 e. The van der Waals surface area contributed by atoms with Gasteiger partial charge in [0.25, 0.3) is 0 Å². The number of hydrogen-bond donors (Lipinski definition) is 3. The van der Waals surface area contributed by atoms with Crippen molar-refractivity contribution < 1.29 is 24.9 Å². The smallest absolute Gasteiger partial charge is 0.209 e. The summed E-state index contributed by atoms with van der Waals surface area (Å²) < 4.78 is 0. The highest BCUT2D eigenvalue weighted by molar-refractivity contribution is 6.10. The fourth-order valence-electron chi connectivity index (χ4n) is 8.81. The second kappa shape index (κ2) is 44.3. The molecule has 0 radical (unpaired) electrons. The molecule has 3 N–H and O–H groups in total. The predicted molar refractivity (Wildman–Crippen MR) is 252 cm³/mol. The first-order valence-corrected chi connectivity index (χ1v) is 26.5. The van der Waals surface area contributed by atoms with Gasteiger partial charge < -0.3 is 15.3 Å². The second-order valence-corrected chi connectivity index (χ2v) is 18.7. The Morgan fingerprint density at radius 1 is 0.328 bits per heavy atom. The van der Waals surface area contributed by atoms with E-state index in [4.69, 9.17) is 0 Å². The van der Waals surface area contributed by atoms with Gasteiger partial charge in [0.1, 0.15) is 6.10 Å². The maximum absolute atomic E-state index is 13.6. The van der Waals surface area contributed by atoms with Crippen LogP contribution >= 0.6 is 0 Å². The third-order valence-electron chi connectivity index (χ3n) is 13.0. The Kier molecular flexibility index (Phi) is 43.7. The quantitative estimate of drug-likeness (QED) is 0.0420. The van der Waals surface area contributed by atoms with E-state index in [1.165, 1.54) is 199 Å². The Balaban J connectivity index is 4.60. The Labute approximate surface area is 362 Å². The number of hydrogen-bond acceptors (Lipinski definition) is 5. The van der Waals surface area contributed by atoms with E-state index in [-0.39, 0.29) is 12.8 Å². The van der Waals surface area contributed by atoms with E-state index < -0.39 is 29.4 Å². The molecule has 0 heterocycles. The van der Waals surface area contributed by atoms with Crippen molar-refractivity contribution in [3.05, 3.63) is 0 Å². The van der Waals surface area contributed by atoms with Gasteiger partial charge in [0.15, 0.2) is 11.6 Å². The lowest BCUT2D eigenvalue weighted by molar-refractivity contribution is -0.173. The molecule has 0 bridgehead atoms. The van der Waals surface area contributed by atoms with E-state index in [9.17, 15) is 24.9 Å². The molecule has 0 aromatic carbocycles. The van der Waals surface area contributed by atoms with Crippen LogP contribution in [0.3, 0.4) is 0 Å². The third-order valence-corrected chi connectivity index (χ3v) is 13.0. The molecule has 0 rings (SSSR count). The van der Waals surface area contributed by atoms with Crippen molar-refractivity contribution in [1.82, 2.24) is 0 Å². The number of ketones is 2. The summed E-state index contributed by atoms with van der Waals surface area (Å²) in [6.07, 6.45) is 48.6. The summed E-state index contributed by atoms with van der Waals surface area (Å²) in [7, 11) is 0. The molecule has 0 amide bonds. The summed E-state index contributed by atoms with van der Waals surface area (Å²) in [4.78, 5) is 27.1. The molecular weight excluding hydrogens is 717 g/mol. The molecule has 0 fully saturated rings. The fourth-order valence-corrected chi connectivity index (χ4v) is 8.81. The molecule has 58 heavy (non-hydrogen) atoms. The zero-order valence-corrected chi connectivity index (χ0v) is 39.6. The van der Waals surface area contributed by atoms with Crippen molar-refractivity contribution >= 4 is 11.6 Å². The van der Waals surface area contributed by atoms with Crippen LogP contribution in [0, 0.1) is 0 Å². The van der Waals surface area contributed by atoms with Crippen LogP contribution in [0.25, 0.3) is 0 Å². The molecule has 2 unspecified atom stereocenters. The molecule has 5 heteroatoms. The lowest BCUT2D eigenvalue weighted by atomic mass is 9.79. The SMILES string of the molecule is CCCCCCCCCCCCCCCCCCC(O)C(O)C(O)(C(=O)CCCCCCCCCCCCCCC)C(=O)CCCCCCCCCCCCCCC. The summed E-state index contributed by atoms with van der Waals surface area (Å²) in [5.41, 5.74) is -2.51. The van der Waals surface area contributed by atoms with Gasteiger partial charge in [-0.2, -0.15) is 0 Å². The fraction of sp³-hybridized carbons (Fsp3) is 0.962.